The first-order valence-electron chi connectivity index (χ1n) is 10.1. The fourth-order valence-corrected chi connectivity index (χ4v) is 3.84. The van der Waals surface area contributed by atoms with Gasteiger partial charge in [0, 0.05) is 37.5 Å². The molecule has 0 unspecified atom stereocenters. The number of anilines is 1. The lowest BCUT2D eigenvalue weighted by molar-refractivity contribution is 0.355. The van der Waals surface area contributed by atoms with Gasteiger partial charge in [-0.3, -0.25) is 0 Å². The quantitative estimate of drug-likeness (QED) is 0.664. The summed E-state index contributed by atoms with van der Waals surface area (Å²) in [5.74, 6) is 3.19. The van der Waals surface area contributed by atoms with Crippen LogP contribution in [0.15, 0.2) is 42.5 Å². The number of benzene rings is 2. The van der Waals surface area contributed by atoms with E-state index in [1.54, 1.807) is 14.2 Å². The average molecular weight is 393 g/mol. The molecule has 0 amide bonds. The molecule has 0 N–H and O–H groups in total. The first-order chi connectivity index (χ1) is 14.2. The van der Waals surface area contributed by atoms with Gasteiger partial charge in [0.25, 0.3) is 0 Å². The molecule has 0 aliphatic carbocycles. The van der Waals surface area contributed by atoms with Crippen LogP contribution in [0.3, 0.4) is 0 Å². The van der Waals surface area contributed by atoms with Crippen molar-refractivity contribution in [3.05, 3.63) is 53.9 Å². The van der Waals surface area contributed by atoms with Crippen molar-refractivity contribution in [2.75, 3.05) is 52.3 Å². The Kier molecular flexibility index (Phi) is 5.81. The van der Waals surface area contributed by atoms with Gasteiger partial charge in [0.2, 0.25) is 0 Å². The molecule has 29 heavy (non-hydrogen) atoms. The van der Waals surface area contributed by atoms with Crippen LogP contribution in [-0.4, -0.2) is 62.3 Å². The number of ether oxygens (including phenoxy) is 2. The topological polar surface area (TPSA) is 50.7 Å². The highest BCUT2D eigenvalue weighted by atomic mass is 16.5. The molecule has 2 heterocycles. The largest absolute Gasteiger partial charge is 0.493 e. The normalized spacial score (nSPS) is 15.3. The molecule has 1 aromatic heterocycles. The molecule has 1 aliphatic rings. The summed E-state index contributed by atoms with van der Waals surface area (Å²) in [6, 6.07) is 14.3. The third-order valence-corrected chi connectivity index (χ3v) is 5.45. The van der Waals surface area contributed by atoms with Crippen LogP contribution in [0.5, 0.6) is 11.5 Å². The minimum Gasteiger partial charge on any atom is -0.493 e. The monoisotopic (exact) mass is 392 g/mol. The summed E-state index contributed by atoms with van der Waals surface area (Å²) in [7, 11) is 5.49. The molecule has 152 valence electrons. The standard InChI is InChI=1S/C23H28N4O2/c1-26-10-7-11-27(13-12-26)23-18-15-20(28-2)21(29-3)16-19(18)24-22(25-23)14-17-8-5-4-6-9-17/h4-6,8-9,15-16H,7,10-14H2,1-3H3. The summed E-state index contributed by atoms with van der Waals surface area (Å²) in [5.41, 5.74) is 2.09. The Labute approximate surface area is 172 Å². The Morgan fingerprint density at radius 3 is 2.41 bits per heavy atom. The summed E-state index contributed by atoms with van der Waals surface area (Å²) in [6.45, 7) is 4.05. The molecular weight excluding hydrogens is 364 g/mol. The van der Waals surface area contributed by atoms with Gasteiger partial charge in [0.1, 0.15) is 11.6 Å². The second-order valence-electron chi connectivity index (χ2n) is 7.49. The maximum absolute atomic E-state index is 5.55. The van der Waals surface area contributed by atoms with Gasteiger partial charge in [-0.1, -0.05) is 30.3 Å². The van der Waals surface area contributed by atoms with Gasteiger partial charge in [-0.2, -0.15) is 0 Å². The molecular formula is C23H28N4O2. The lowest BCUT2D eigenvalue weighted by Crippen LogP contribution is -2.30. The zero-order valence-electron chi connectivity index (χ0n) is 17.4. The number of likely N-dealkylation sites (N-methyl/N-ethyl adjacent to an activating group) is 1. The molecule has 1 saturated heterocycles. The zero-order chi connectivity index (χ0) is 20.2. The van der Waals surface area contributed by atoms with Crippen molar-refractivity contribution < 1.29 is 9.47 Å². The predicted molar refractivity (Wildman–Crippen MR) is 116 cm³/mol. The summed E-state index contributed by atoms with van der Waals surface area (Å²) in [4.78, 5) is 14.6. The number of nitrogens with zero attached hydrogens (tertiary/aromatic N) is 4. The fraction of sp³-hybridized carbons (Fsp3) is 0.391. The van der Waals surface area contributed by atoms with Crippen molar-refractivity contribution in [2.24, 2.45) is 0 Å². The van der Waals surface area contributed by atoms with Gasteiger partial charge in [0.05, 0.1) is 19.7 Å². The lowest BCUT2D eigenvalue weighted by atomic mass is 10.1. The number of aromatic nitrogens is 2. The summed E-state index contributed by atoms with van der Waals surface area (Å²) >= 11 is 0. The molecule has 6 heteroatoms. The Hall–Kier alpha value is -2.86. The van der Waals surface area contributed by atoms with E-state index in [0.29, 0.717) is 17.9 Å². The highest BCUT2D eigenvalue weighted by Crippen LogP contribution is 2.35. The van der Waals surface area contributed by atoms with Crippen LogP contribution < -0.4 is 14.4 Å². The van der Waals surface area contributed by atoms with Crippen LogP contribution in [0.2, 0.25) is 0 Å². The number of methoxy groups -OCH3 is 2. The van der Waals surface area contributed by atoms with Crippen LogP contribution in [0.4, 0.5) is 5.82 Å². The van der Waals surface area contributed by atoms with E-state index in [1.807, 2.05) is 18.2 Å². The zero-order valence-corrected chi connectivity index (χ0v) is 17.4. The number of rotatable bonds is 5. The van der Waals surface area contributed by atoms with Gasteiger partial charge in [0.15, 0.2) is 11.5 Å². The number of hydrogen-bond acceptors (Lipinski definition) is 6. The van der Waals surface area contributed by atoms with Crippen molar-refractivity contribution in [3.8, 4) is 11.5 Å². The smallest absolute Gasteiger partial charge is 0.162 e. The minimum atomic E-state index is 0.686. The Morgan fingerprint density at radius 2 is 1.66 bits per heavy atom. The number of hydrogen-bond donors (Lipinski definition) is 0. The van der Waals surface area contributed by atoms with E-state index in [1.165, 1.54) is 5.56 Å². The van der Waals surface area contributed by atoms with Crippen molar-refractivity contribution in [1.29, 1.82) is 0 Å². The van der Waals surface area contributed by atoms with Gasteiger partial charge >= 0.3 is 0 Å². The molecule has 3 aromatic rings. The van der Waals surface area contributed by atoms with Crippen LogP contribution in [-0.2, 0) is 6.42 Å². The van der Waals surface area contributed by atoms with Crippen molar-refractivity contribution >= 4 is 16.7 Å². The van der Waals surface area contributed by atoms with Gasteiger partial charge < -0.3 is 19.3 Å². The molecule has 0 saturated carbocycles. The predicted octanol–water partition coefficient (Wildman–Crippen LogP) is 3.38. The second kappa shape index (κ2) is 8.66. The highest BCUT2D eigenvalue weighted by Gasteiger charge is 2.20. The van der Waals surface area contributed by atoms with Gasteiger partial charge in [-0.25, -0.2) is 9.97 Å². The van der Waals surface area contributed by atoms with E-state index in [2.05, 4.69) is 41.1 Å². The second-order valence-corrected chi connectivity index (χ2v) is 7.49. The minimum absolute atomic E-state index is 0.686. The van der Waals surface area contributed by atoms with Crippen LogP contribution >= 0.6 is 0 Å². The van der Waals surface area contributed by atoms with E-state index in [4.69, 9.17) is 19.4 Å². The van der Waals surface area contributed by atoms with E-state index in [9.17, 15) is 0 Å². The SMILES string of the molecule is COc1cc2nc(Cc3ccccc3)nc(N3CCCN(C)CC3)c2cc1OC. The molecule has 0 atom stereocenters. The first-order valence-corrected chi connectivity index (χ1v) is 10.1. The summed E-state index contributed by atoms with van der Waals surface area (Å²) < 4.78 is 11.1. The molecule has 1 aliphatic heterocycles. The third-order valence-electron chi connectivity index (χ3n) is 5.45. The van der Waals surface area contributed by atoms with E-state index >= 15 is 0 Å². The number of fused-ring (bicyclic) bond motifs is 1. The average Bonchev–Trinajstić information content (AvgIpc) is 2.97. The van der Waals surface area contributed by atoms with Crippen LogP contribution in [0.1, 0.15) is 17.8 Å². The van der Waals surface area contributed by atoms with Crippen molar-refractivity contribution in [2.45, 2.75) is 12.8 Å². The van der Waals surface area contributed by atoms with Gasteiger partial charge in [-0.05, 0) is 31.6 Å². The van der Waals surface area contributed by atoms with Crippen LogP contribution in [0.25, 0.3) is 10.9 Å². The first kappa shape index (κ1) is 19.5. The summed E-state index contributed by atoms with van der Waals surface area (Å²) in [6.07, 6.45) is 1.81. The summed E-state index contributed by atoms with van der Waals surface area (Å²) in [5, 5.41) is 1.00. The molecule has 1 fully saturated rings. The molecule has 0 radical (unpaired) electrons. The maximum atomic E-state index is 5.55. The van der Waals surface area contributed by atoms with E-state index in [-0.39, 0.29) is 0 Å². The molecule has 6 nitrogen and oxygen atoms in total. The third kappa shape index (κ3) is 4.27. The lowest BCUT2D eigenvalue weighted by Gasteiger charge is -2.24. The van der Waals surface area contributed by atoms with Gasteiger partial charge in [-0.15, -0.1) is 0 Å². The Morgan fingerprint density at radius 1 is 0.897 bits per heavy atom. The maximum Gasteiger partial charge on any atom is 0.162 e. The van der Waals surface area contributed by atoms with E-state index in [0.717, 1.165) is 55.1 Å². The highest BCUT2D eigenvalue weighted by molar-refractivity contribution is 5.92. The van der Waals surface area contributed by atoms with Crippen molar-refractivity contribution in [3.63, 3.8) is 0 Å². The van der Waals surface area contributed by atoms with Crippen molar-refractivity contribution in [1.82, 2.24) is 14.9 Å². The molecule has 0 bridgehead atoms. The van der Waals surface area contributed by atoms with Crippen LogP contribution in [0, 0.1) is 0 Å². The molecule has 4 rings (SSSR count). The fourth-order valence-electron chi connectivity index (χ4n) is 3.84. The Bertz CT molecular complexity index is 978. The molecule has 2 aromatic carbocycles. The molecule has 0 spiro atoms. The van der Waals surface area contributed by atoms with E-state index < -0.39 is 0 Å². The Balaban J connectivity index is 1.82.